The van der Waals surface area contributed by atoms with Crippen molar-refractivity contribution >= 4 is 33.1 Å². The second kappa shape index (κ2) is 7.22. The van der Waals surface area contributed by atoms with Gasteiger partial charge in [-0.05, 0) is 18.2 Å². The van der Waals surface area contributed by atoms with Crippen LogP contribution in [0, 0.1) is 0 Å². The van der Waals surface area contributed by atoms with E-state index in [1.807, 2.05) is 4.98 Å². The van der Waals surface area contributed by atoms with E-state index in [4.69, 9.17) is 11.6 Å². The van der Waals surface area contributed by atoms with Gasteiger partial charge in [0.15, 0.2) is 10.7 Å². The minimum Gasteiger partial charge on any atom is -0.313 e. The molecule has 3 N–H and O–H groups in total. The maximum atomic E-state index is 12.7. The Morgan fingerprint density at radius 3 is 2.41 bits per heavy atom. The first kappa shape index (κ1) is 18.6. The number of hydrogen-bond donors (Lipinski definition) is 3. The summed E-state index contributed by atoms with van der Waals surface area (Å²) in [7, 11) is -4.37. The number of halogens is 1. The molecular weight excluding hydrogens is 394 g/mol. The van der Waals surface area contributed by atoms with Crippen LogP contribution in [0.3, 0.4) is 0 Å². The predicted octanol–water partition coefficient (Wildman–Crippen LogP) is 1.75. The molecule has 0 atom stereocenters. The van der Waals surface area contributed by atoms with Gasteiger partial charge in [0.05, 0.1) is 5.69 Å². The Bertz CT molecular complexity index is 1230. The Morgan fingerprint density at radius 1 is 1.04 bits per heavy atom. The van der Waals surface area contributed by atoms with Crippen LogP contribution >= 0.6 is 11.6 Å². The van der Waals surface area contributed by atoms with Crippen molar-refractivity contribution in [1.82, 2.24) is 9.97 Å². The van der Waals surface area contributed by atoms with Crippen molar-refractivity contribution in [2.75, 3.05) is 4.72 Å². The van der Waals surface area contributed by atoms with Crippen LogP contribution < -0.4 is 16.0 Å². The summed E-state index contributed by atoms with van der Waals surface area (Å²) in [6, 6.07) is 12.3. The molecule has 0 bridgehead atoms. The summed E-state index contributed by atoms with van der Waals surface area (Å²) in [5.74, 6) is -0.453. The topological polar surface area (TPSA) is 129 Å². The fourth-order valence-electron chi connectivity index (χ4n) is 2.34. The first-order valence-corrected chi connectivity index (χ1v) is 9.38. The van der Waals surface area contributed by atoms with E-state index in [1.54, 1.807) is 30.3 Å². The van der Waals surface area contributed by atoms with E-state index in [2.05, 4.69) is 9.71 Å². The normalized spacial score (nSPS) is 11.1. The maximum absolute atomic E-state index is 12.7. The Hall–Kier alpha value is -3.17. The van der Waals surface area contributed by atoms with E-state index in [0.29, 0.717) is 5.56 Å². The summed E-state index contributed by atoms with van der Waals surface area (Å²) < 4.78 is 27.3. The van der Waals surface area contributed by atoms with Crippen LogP contribution in [0.4, 0.5) is 5.69 Å². The van der Waals surface area contributed by atoms with Crippen molar-refractivity contribution in [3.63, 3.8) is 0 Å². The largest absolute Gasteiger partial charge is 0.325 e. The molecule has 3 aromatic rings. The van der Waals surface area contributed by atoms with Crippen molar-refractivity contribution in [3.8, 4) is 0 Å². The lowest BCUT2D eigenvalue weighted by atomic mass is 10.0. The van der Waals surface area contributed by atoms with Crippen LogP contribution in [0.15, 0.2) is 69.2 Å². The van der Waals surface area contributed by atoms with E-state index in [0.717, 1.165) is 6.20 Å². The molecule has 0 spiro atoms. The van der Waals surface area contributed by atoms with Crippen LogP contribution in [0.1, 0.15) is 15.9 Å². The average molecular weight is 406 g/mol. The van der Waals surface area contributed by atoms with E-state index in [1.165, 1.54) is 18.2 Å². The number of aromatic nitrogens is 2. The lowest BCUT2D eigenvalue weighted by Crippen LogP contribution is -2.29. The second-order valence-corrected chi connectivity index (χ2v) is 7.51. The van der Waals surface area contributed by atoms with Crippen molar-refractivity contribution in [3.05, 3.63) is 91.7 Å². The molecule has 2 aromatic carbocycles. The molecule has 0 unspecified atom stereocenters. The number of carbonyl (C=O) groups excluding carboxylic acids is 1. The molecule has 1 heterocycles. The van der Waals surface area contributed by atoms with Crippen molar-refractivity contribution in [2.24, 2.45) is 0 Å². The monoisotopic (exact) mass is 405 g/mol. The van der Waals surface area contributed by atoms with Gasteiger partial charge in [-0.25, -0.2) is 13.2 Å². The molecule has 10 heteroatoms. The van der Waals surface area contributed by atoms with E-state index < -0.39 is 32.0 Å². The number of nitrogens with one attached hydrogen (secondary N) is 3. The van der Waals surface area contributed by atoms with Crippen molar-refractivity contribution < 1.29 is 13.2 Å². The number of carbonyl (C=O) groups is 1. The third-order valence-corrected chi connectivity index (χ3v) is 5.19. The van der Waals surface area contributed by atoms with Gasteiger partial charge in [0.25, 0.3) is 15.6 Å². The second-order valence-electron chi connectivity index (χ2n) is 5.43. The van der Waals surface area contributed by atoms with Gasteiger partial charge in [-0.1, -0.05) is 41.9 Å². The van der Waals surface area contributed by atoms with Gasteiger partial charge in [-0.2, -0.15) is 0 Å². The fourth-order valence-corrected chi connectivity index (χ4v) is 3.59. The number of sulfonamides is 1. The maximum Gasteiger partial charge on any atom is 0.325 e. The number of anilines is 1. The van der Waals surface area contributed by atoms with Gasteiger partial charge in [0.2, 0.25) is 0 Å². The number of ketones is 1. The molecular formula is C17H12ClN3O5S. The van der Waals surface area contributed by atoms with Gasteiger partial charge in [-0.3, -0.25) is 19.3 Å². The quantitative estimate of drug-likeness (QED) is 0.557. The smallest absolute Gasteiger partial charge is 0.313 e. The molecule has 0 aliphatic carbocycles. The summed E-state index contributed by atoms with van der Waals surface area (Å²) >= 11 is 5.96. The molecule has 1 aromatic heterocycles. The van der Waals surface area contributed by atoms with E-state index in [-0.39, 0.29) is 16.3 Å². The number of aromatic amines is 2. The van der Waals surface area contributed by atoms with Gasteiger partial charge >= 0.3 is 5.69 Å². The van der Waals surface area contributed by atoms with Crippen LogP contribution in [0.5, 0.6) is 0 Å². The first-order chi connectivity index (χ1) is 12.8. The molecule has 8 nitrogen and oxygen atoms in total. The van der Waals surface area contributed by atoms with Crippen LogP contribution in [-0.4, -0.2) is 24.2 Å². The Kier molecular flexibility index (Phi) is 4.98. The highest BCUT2D eigenvalue weighted by molar-refractivity contribution is 7.92. The molecule has 0 saturated carbocycles. The molecule has 0 aliphatic heterocycles. The third-order valence-electron chi connectivity index (χ3n) is 3.58. The zero-order valence-corrected chi connectivity index (χ0v) is 15.1. The Morgan fingerprint density at radius 2 is 1.74 bits per heavy atom. The summed E-state index contributed by atoms with van der Waals surface area (Å²) in [5.41, 5.74) is -1.64. The van der Waals surface area contributed by atoms with Crippen molar-refractivity contribution in [1.29, 1.82) is 0 Å². The highest BCUT2D eigenvalue weighted by Gasteiger charge is 2.22. The molecule has 3 rings (SSSR count). The predicted molar refractivity (Wildman–Crippen MR) is 99.8 cm³/mol. The highest BCUT2D eigenvalue weighted by Crippen LogP contribution is 2.25. The number of hydrogen-bond acceptors (Lipinski definition) is 5. The lowest BCUT2D eigenvalue weighted by molar-refractivity contribution is 0.103. The summed E-state index contributed by atoms with van der Waals surface area (Å²) in [6.07, 6.45) is 0.776. The highest BCUT2D eigenvalue weighted by atomic mass is 35.5. The van der Waals surface area contributed by atoms with Gasteiger partial charge in [0.1, 0.15) is 0 Å². The van der Waals surface area contributed by atoms with Crippen molar-refractivity contribution in [2.45, 2.75) is 4.90 Å². The van der Waals surface area contributed by atoms with Gasteiger partial charge in [-0.15, -0.1) is 0 Å². The SMILES string of the molecule is O=C(c1ccccc1)c1cc(Cl)ccc1NS(=O)(=O)c1c[nH]c(=O)[nH]c1=O. The third kappa shape index (κ3) is 3.99. The lowest BCUT2D eigenvalue weighted by Gasteiger charge is -2.12. The van der Waals surface area contributed by atoms with Crippen LogP contribution in [0.25, 0.3) is 0 Å². The Balaban J connectivity index is 2.06. The van der Waals surface area contributed by atoms with E-state index >= 15 is 0 Å². The molecule has 0 fully saturated rings. The standard InChI is InChI=1S/C17H12ClN3O5S/c18-11-6-7-13(12(8-11)15(22)10-4-2-1-3-5-10)21-27(25,26)14-9-19-17(24)20-16(14)23/h1-9,21H,(H2,19,20,23,24). The minimum atomic E-state index is -4.37. The number of rotatable bonds is 5. The minimum absolute atomic E-state index is 0.0122. The molecule has 0 saturated heterocycles. The molecule has 0 aliphatic rings. The number of H-pyrrole nitrogens is 2. The van der Waals surface area contributed by atoms with Gasteiger partial charge < -0.3 is 4.98 Å². The molecule has 138 valence electrons. The van der Waals surface area contributed by atoms with Gasteiger partial charge in [0, 0.05) is 22.3 Å². The zero-order valence-electron chi connectivity index (χ0n) is 13.5. The average Bonchev–Trinajstić information content (AvgIpc) is 2.63. The summed E-state index contributed by atoms with van der Waals surface area (Å²) in [6.45, 7) is 0. The number of benzene rings is 2. The van der Waals surface area contributed by atoms with Crippen LogP contribution in [0.2, 0.25) is 5.02 Å². The zero-order chi connectivity index (χ0) is 19.6. The molecule has 27 heavy (non-hydrogen) atoms. The molecule has 0 amide bonds. The summed E-state index contributed by atoms with van der Waals surface area (Å²) in [5, 5.41) is 0.235. The Labute approximate surface area is 157 Å². The van der Waals surface area contributed by atoms with E-state index in [9.17, 15) is 22.8 Å². The first-order valence-electron chi connectivity index (χ1n) is 7.52. The fraction of sp³-hybridized carbons (Fsp3) is 0. The summed E-state index contributed by atoms with van der Waals surface area (Å²) in [4.78, 5) is 38.8. The molecule has 0 radical (unpaired) electrons. The van der Waals surface area contributed by atoms with Crippen LogP contribution in [-0.2, 0) is 10.0 Å².